The van der Waals surface area contributed by atoms with E-state index in [9.17, 15) is 0 Å². The van der Waals surface area contributed by atoms with Crippen molar-refractivity contribution in [1.29, 1.82) is 0 Å². The lowest BCUT2D eigenvalue weighted by atomic mass is 9.85. The largest absolute Gasteiger partial charge is 0.135 e. The molecule has 0 spiro atoms. The normalized spacial score (nSPS) is 11.7. The van der Waals surface area contributed by atoms with Crippen molar-refractivity contribution in [3.63, 3.8) is 0 Å². The second-order valence-electron chi connectivity index (χ2n) is 11.3. The maximum Gasteiger partial charge on any atom is 0.0433 e. The van der Waals surface area contributed by atoms with Gasteiger partial charge in [-0.25, -0.2) is 0 Å². The lowest BCUT2D eigenvalue weighted by molar-refractivity contribution is 1.63. The van der Waals surface area contributed by atoms with E-state index in [0.717, 1.165) is 0 Å². The van der Waals surface area contributed by atoms with Crippen molar-refractivity contribution in [1.82, 2.24) is 0 Å². The molecular formula is C42H26S. The van der Waals surface area contributed by atoms with Crippen molar-refractivity contribution in [3.05, 3.63) is 158 Å². The first-order valence-corrected chi connectivity index (χ1v) is 15.6. The summed E-state index contributed by atoms with van der Waals surface area (Å²) >= 11 is 1.90. The van der Waals surface area contributed by atoms with Crippen molar-refractivity contribution in [2.75, 3.05) is 0 Å². The maximum absolute atomic E-state index is 2.38. The van der Waals surface area contributed by atoms with E-state index in [1.54, 1.807) is 0 Å². The Balaban J connectivity index is 1.25. The molecule has 8 aromatic carbocycles. The van der Waals surface area contributed by atoms with Gasteiger partial charge < -0.3 is 0 Å². The molecule has 1 heterocycles. The highest BCUT2D eigenvalue weighted by atomic mass is 32.1. The summed E-state index contributed by atoms with van der Waals surface area (Å²) in [6.45, 7) is 0. The van der Waals surface area contributed by atoms with Crippen LogP contribution >= 0.6 is 11.3 Å². The van der Waals surface area contributed by atoms with E-state index < -0.39 is 0 Å². The van der Waals surface area contributed by atoms with Crippen LogP contribution in [0, 0.1) is 0 Å². The summed E-state index contributed by atoms with van der Waals surface area (Å²) in [4.78, 5) is 0. The standard InChI is InChI=1S/C42H26S/c1-2-12-28(13-3-1)40-34-17-6-8-19-36(34)41(37-20-9-7-18-35(37)40)31-15-10-14-29(25-31)30-22-23-33-38-24-21-27-11-4-5-16-32(27)42(38)43-39(33)26-30/h1-26H. The fourth-order valence-corrected chi connectivity index (χ4v) is 8.17. The van der Waals surface area contributed by atoms with Gasteiger partial charge in [0.05, 0.1) is 0 Å². The van der Waals surface area contributed by atoms with E-state index in [1.165, 1.54) is 85.9 Å². The molecule has 0 unspecified atom stereocenters. The Bertz CT molecular complexity index is 2440. The van der Waals surface area contributed by atoms with Gasteiger partial charge in [-0.1, -0.05) is 146 Å². The summed E-state index contributed by atoms with van der Waals surface area (Å²) in [5.41, 5.74) is 7.57. The highest BCUT2D eigenvalue weighted by Crippen LogP contribution is 2.45. The molecule has 9 rings (SSSR count). The number of fused-ring (bicyclic) bond motifs is 7. The van der Waals surface area contributed by atoms with Crippen LogP contribution in [0.5, 0.6) is 0 Å². The van der Waals surface area contributed by atoms with Gasteiger partial charge in [0.25, 0.3) is 0 Å². The van der Waals surface area contributed by atoms with Crippen molar-refractivity contribution in [2.45, 2.75) is 0 Å². The average Bonchev–Trinajstić information content (AvgIpc) is 3.46. The predicted octanol–water partition coefficient (Wildman–Crippen LogP) is 12.5. The van der Waals surface area contributed by atoms with Gasteiger partial charge in [-0.2, -0.15) is 0 Å². The fraction of sp³-hybridized carbons (Fsp3) is 0. The molecule has 0 N–H and O–H groups in total. The molecule has 0 saturated heterocycles. The summed E-state index contributed by atoms with van der Waals surface area (Å²) in [6.07, 6.45) is 0. The van der Waals surface area contributed by atoms with E-state index >= 15 is 0 Å². The second-order valence-corrected chi connectivity index (χ2v) is 12.3. The molecule has 0 bridgehead atoms. The first kappa shape index (κ1) is 24.4. The molecule has 0 radical (unpaired) electrons. The van der Waals surface area contributed by atoms with Gasteiger partial charge in [0.2, 0.25) is 0 Å². The monoisotopic (exact) mass is 562 g/mol. The van der Waals surface area contributed by atoms with Crippen molar-refractivity contribution < 1.29 is 0 Å². The molecule has 1 heteroatoms. The molecule has 0 fully saturated rings. The van der Waals surface area contributed by atoms with E-state index in [1.807, 2.05) is 11.3 Å². The number of benzene rings is 8. The fourth-order valence-electron chi connectivity index (χ4n) is 6.89. The number of hydrogen-bond acceptors (Lipinski definition) is 1. The SMILES string of the molecule is c1ccc(-c2c3ccccc3c(-c3cccc(-c4ccc5c(c4)sc4c6ccccc6ccc54)c3)c3ccccc23)cc1. The molecule has 0 saturated carbocycles. The van der Waals surface area contributed by atoms with Crippen LogP contribution in [-0.2, 0) is 0 Å². The number of rotatable bonds is 3. The lowest BCUT2D eigenvalue weighted by Crippen LogP contribution is -1.91. The van der Waals surface area contributed by atoms with Gasteiger partial charge >= 0.3 is 0 Å². The Labute approximate surface area is 254 Å². The molecule has 1 aromatic heterocycles. The van der Waals surface area contributed by atoms with Crippen LogP contribution < -0.4 is 0 Å². The van der Waals surface area contributed by atoms with E-state index in [-0.39, 0.29) is 0 Å². The van der Waals surface area contributed by atoms with Gasteiger partial charge in [-0.05, 0) is 77.8 Å². The quantitative estimate of drug-likeness (QED) is 0.188. The number of thiophene rings is 1. The van der Waals surface area contributed by atoms with Gasteiger partial charge in [0, 0.05) is 20.2 Å². The van der Waals surface area contributed by atoms with Crippen LogP contribution in [0.1, 0.15) is 0 Å². The third kappa shape index (κ3) is 3.82. The molecule has 0 nitrogen and oxygen atoms in total. The Hall–Kier alpha value is -5.24. The van der Waals surface area contributed by atoms with Gasteiger partial charge in [-0.15, -0.1) is 11.3 Å². The zero-order chi connectivity index (χ0) is 28.3. The Kier molecular flexibility index (Phi) is 5.47. The van der Waals surface area contributed by atoms with Crippen LogP contribution in [0.3, 0.4) is 0 Å². The summed E-state index contributed by atoms with van der Waals surface area (Å²) in [5, 5.41) is 10.4. The highest BCUT2D eigenvalue weighted by Gasteiger charge is 2.17. The smallest absolute Gasteiger partial charge is 0.0433 e. The Morgan fingerprint density at radius 1 is 0.302 bits per heavy atom. The molecule has 0 amide bonds. The molecule has 0 aliphatic carbocycles. The minimum Gasteiger partial charge on any atom is -0.135 e. The lowest BCUT2D eigenvalue weighted by Gasteiger charge is -2.18. The summed E-state index contributed by atoms with van der Waals surface area (Å²) in [6, 6.07) is 57.9. The topological polar surface area (TPSA) is 0 Å². The van der Waals surface area contributed by atoms with Crippen LogP contribution in [-0.4, -0.2) is 0 Å². The highest BCUT2D eigenvalue weighted by molar-refractivity contribution is 7.26. The predicted molar refractivity (Wildman–Crippen MR) is 188 cm³/mol. The minimum absolute atomic E-state index is 1.24. The number of hydrogen-bond donors (Lipinski definition) is 0. The van der Waals surface area contributed by atoms with Crippen LogP contribution in [0.2, 0.25) is 0 Å². The van der Waals surface area contributed by atoms with E-state index in [2.05, 4.69) is 158 Å². The van der Waals surface area contributed by atoms with E-state index in [4.69, 9.17) is 0 Å². The molecule has 9 aromatic rings. The molecular weight excluding hydrogens is 537 g/mol. The van der Waals surface area contributed by atoms with Crippen molar-refractivity contribution in [3.8, 4) is 33.4 Å². The minimum atomic E-state index is 1.24. The maximum atomic E-state index is 2.38. The first-order chi connectivity index (χ1) is 21.3. The van der Waals surface area contributed by atoms with Gasteiger partial charge in [0.15, 0.2) is 0 Å². The Morgan fingerprint density at radius 2 is 0.837 bits per heavy atom. The van der Waals surface area contributed by atoms with Crippen molar-refractivity contribution >= 4 is 63.8 Å². The molecule has 0 aliphatic rings. The zero-order valence-corrected chi connectivity index (χ0v) is 24.2. The molecule has 200 valence electrons. The summed E-state index contributed by atoms with van der Waals surface area (Å²) < 4.78 is 2.70. The average molecular weight is 563 g/mol. The third-order valence-corrected chi connectivity index (χ3v) is 10.0. The third-order valence-electron chi connectivity index (χ3n) is 8.84. The molecule has 0 aliphatic heterocycles. The zero-order valence-electron chi connectivity index (χ0n) is 23.4. The first-order valence-electron chi connectivity index (χ1n) is 14.8. The van der Waals surface area contributed by atoms with Gasteiger partial charge in [-0.3, -0.25) is 0 Å². The molecule has 43 heavy (non-hydrogen) atoms. The van der Waals surface area contributed by atoms with Crippen molar-refractivity contribution in [2.24, 2.45) is 0 Å². The van der Waals surface area contributed by atoms with Crippen LogP contribution in [0.15, 0.2) is 158 Å². The van der Waals surface area contributed by atoms with Crippen LogP contribution in [0.4, 0.5) is 0 Å². The molecule has 0 atom stereocenters. The van der Waals surface area contributed by atoms with Crippen LogP contribution in [0.25, 0.3) is 85.9 Å². The summed E-state index contributed by atoms with van der Waals surface area (Å²) in [5.74, 6) is 0. The second kappa shape index (κ2) is 9.66. The summed E-state index contributed by atoms with van der Waals surface area (Å²) in [7, 11) is 0. The van der Waals surface area contributed by atoms with E-state index in [0.29, 0.717) is 0 Å². The van der Waals surface area contributed by atoms with Gasteiger partial charge in [0.1, 0.15) is 0 Å². The Morgan fingerprint density at radius 3 is 1.56 bits per heavy atom.